The minimum absolute atomic E-state index is 0.0401. The van der Waals surface area contributed by atoms with Gasteiger partial charge < -0.3 is 0 Å². The van der Waals surface area contributed by atoms with Crippen LogP contribution in [0.3, 0.4) is 0 Å². The van der Waals surface area contributed by atoms with Crippen molar-refractivity contribution in [2.75, 3.05) is 0 Å². The van der Waals surface area contributed by atoms with Crippen LogP contribution in [0.25, 0.3) is 0 Å². The zero-order chi connectivity index (χ0) is 20.3. The molecule has 0 saturated carbocycles. The van der Waals surface area contributed by atoms with E-state index in [4.69, 9.17) is 9.84 Å². The van der Waals surface area contributed by atoms with E-state index in [1.54, 1.807) is 30.3 Å². The fourth-order valence-electron chi connectivity index (χ4n) is 2.66. The number of ether oxygens (including phenoxy) is 1. The number of aliphatic carboxylic acids is 1. The Hall–Kier alpha value is -2.31. The molecule has 1 heterocycles. The summed E-state index contributed by atoms with van der Waals surface area (Å²) < 4.78 is 19.5. The first-order valence-corrected chi connectivity index (χ1v) is 10.6. The van der Waals surface area contributed by atoms with E-state index in [9.17, 15) is 18.8 Å². The molecule has 2 N–H and O–H groups in total. The first kappa shape index (κ1) is 20.4. The van der Waals surface area contributed by atoms with Crippen molar-refractivity contribution in [1.82, 2.24) is 5.32 Å². The SMILES string of the molecule is O=C1NC(=O)C(Cc2ccc(Oc3ccc(CC([AsH2])C(=O)O)cc3)c(F)c2)S1. The maximum atomic E-state index is 14.4. The van der Waals surface area contributed by atoms with Crippen LogP contribution in [-0.2, 0) is 22.4 Å². The summed E-state index contributed by atoms with van der Waals surface area (Å²) in [5.74, 6) is -1.30. The first-order valence-electron chi connectivity index (χ1n) is 8.37. The second-order valence-corrected chi connectivity index (χ2v) is 9.11. The average Bonchev–Trinajstić information content (AvgIpc) is 2.96. The van der Waals surface area contributed by atoms with Gasteiger partial charge in [-0.05, 0) is 0 Å². The van der Waals surface area contributed by atoms with Gasteiger partial charge in [-0.3, -0.25) is 14.9 Å². The average molecular weight is 465 g/mol. The van der Waals surface area contributed by atoms with Gasteiger partial charge in [0.1, 0.15) is 0 Å². The molecule has 2 aromatic carbocycles. The molecule has 1 aliphatic rings. The summed E-state index contributed by atoms with van der Waals surface area (Å²) in [6, 6.07) is 11.3. The Labute approximate surface area is 173 Å². The van der Waals surface area contributed by atoms with E-state index in [-0.39, 0.29) is 18.1 Å². The number of imide groups is 1. The van der Waals surface area contributed by atoms with Crippen molar-refractivity contribution in [2.24, 2.45) is 0 Å². The van der Waals surface area contributed by atoms with Crippen molar-refractivity contribution in [3.05, 3.63) is 59.4 Å². The molecule has 0 bridgehead atoms. The predicted molar refractivity (Wildman–Crippen MR) is 105 cm³/mol. The smallest absolute Gasteiger partial charge is 0.0508 e. The number of thioether (sulfide) groups is 1. The van der Waals surface area contributed by atoms with Crippen LogP contribution in [0.1, 0.15) is 11.1 Å². The third kappa shape index (κ3) is 5.14. The number of benzene rings is 2. The van der Waals surface area contributed by atoms with Crippen LogP contribution < -0.4 is 10.1 Å². The number of hydrogen-bond donors (Lipinski definition) is 2. The van der Waals surface area contributed by atoms with Gasteiger partial charge in [0.25, 0.3) is 5.24 Å². The summed E-state index contributed by atoms with van der Waals surface area (Å²) >= 11 is 2.05. The number of rotatable bonds is 7. The van der Waals surface area contributed by atoms with E-state index in [1.165, 1.54) is 12.1 Å². The van der Waals surface area contributed by atoms with Gasteiger partial charge in [0.05, 0.1) is 5.25 Å². The van der Waals surface area contributed by atoms with Crippen LogP contribution in [-0.4, -0.2) is 44.3 Å². The molecule has 9 heteroatoms. The third-order valence-electron chi connectivity index (χ3n) is 4.11. The van der Waals surface area contributed by atoms with Gasteiger partial charge in [-0.25, -0.2) is 0 Å². The standard InChI is InChI=1S/C19H17AsFNO5S/c20-13(18(24)25)7-10-1-4-12(5-2-10)27-15-6-3-11(8-14(15)21)9-16-17(23)22-19(26)28-16/h1-6,8,13,16H,7,9,20H2,(H,24,25)(H,22,23,26). The van der Waals surface area contributed by atoms with Crippen LogP contribution in [0.15, 0.2) is 42.5 Å². The molecular weight excluding hydrogens is 448 g/mol. The fourth-order valence-corrected chi connectivity index (χ4v) is 4.09. The molecule has 3 atom stereocenters. The number of carboxylic acid groups (broad SMARTS) is 1. The Bertz CT molecular complexity index is 921. The van der Waals surface area contributed by atoms with Crippen LogP contribution in [0.5, 0.6) is 11.5 Å². The Morgan fingerprint density at radius 1 is 1.21 bits per heavy atom. The molecule has 0 radical (unpaired) electrons. The Balaban J connectivity index is 1.64. The van der Waals surface area contributed by atoms with Gasteiger partial charge in [-0.15, -0.1) is 0 Å². The maximum Gasteiger partial charge on any atom is -0.0508 e. The van der Waals surface area contributed by atoms with Gasteiger partial charge in [0.15, 0.2) is 0 Å². The zero-order valence-electron chi connectivity index (χ0n) is 14.6. The molecule has 2 amide bonds. The van der Waals surface area contributed by atoms with Gasteiger partial charge in [0, 0.05) is 0 Å². The molecule has 28 heavy (non-hydrogen) atoms. The Morgan fingerprint density at radius 3 is 2.46 bits per heavy atom. The molecule has 6 nitrogen and oxygen atoms in total. The minimum Gasteiger partial charge on any atom is -0.0508 e. The Morgan fingerprint density at radius 2 is 1.89 bits per heavy atom. The number of hydrogen-bond acceptors (Lipinski definition) is 5. The van der Waals surface area contributed by atoms with Crippen molar-refractivity contribution < 1.29 is 28.6 Å². The minimum atomic E-state index is -0.833. The third-order valence-corrected chi connectivity index (χ3v) is 6.18. The summed E-state index contributed by atoms with van der Waals surface area (Å²) in [6.45, 7) is 0. The normalized spacial score (nSPS) is 17.3. The molecule has 1 fully saturated rings. The fraction of sp³-hybridized carbons (Fsp3) is 0.211. The zero-order valence-corrected chi connectivity index (χ0v) is 17.8. The molecule has 1 aliphatic heterocycles. The monoisotopic (exact) mass is 465 g/mol. The van der Waals surface area contributed by atoms with Crippen LogP contribution in [0.2, 0.25) is 4.71 Å². The summed E-state index contributed by atoms with van der Waals surface area (Å²) in [5, 5.41) is 10.2. The van der Waals surface area contributed by atoms with E-state index in [1.807, 2.05) is 0 Å². The quantitative estimate of drug-likeness (QED) is 0.611. The molecule has 0 spiro atoms. The van der Waals surface area contributed by atoms with Crippen molar-refractivity contribution in [1.29, 1.82) is 0 Å². The summed E-state index contributed by atoms with van der Waals surface area (Å²) in [5.41, 5.74) is 1.45. The van der Waals surface area contributed by atoms with E-state index < -0.39 is 27.0 Å². The maximum absolute atomic E-state index is 14.4. The molecule has 0 aliphatic carbocycles. The number of carbonyl (C=O) groups is 3. The van der Waals surface area contributed by atoms with Crippen LogP contribution >= 0.6 is 11.8 Å². The van der Waals surface area contributed by atoms with E-state index in [0.29, 0.717) is 17.7 Å². The molecule has 146 valence electrons. The van der Waals surface area contributed by atoms with Crippen LogP contribution in [0.4, 0.5) is 9.18 Å². The van der Waals surface area contributed by atoms with Gasteiger partial charge in [0.2, 0.25) is 5.91 Å². The number of halogens is 1. The largest absolute Gasteiger partial charge is 0.0508 e. The predicted octanol–water partition coefficient (Wildman–Crippen LogP) is 2.56. The summed E-state index contributed by atoms with van der Waals surface area (Å²) in [7, 11) is 0. The van der Waals surface area contributed by atoms with Crippen molar-refractivity contribution >= 4 is 45.7 Å². The molecule has 2 aromatic rings. The van der Waals surface area contributed by atoms with Crippen LogP contribution in [0, 0.1) is 5.82 Å². The number of carbonyl (C=O) groups excluding carboxylic acids is 2. The van der Waals surface area contributed by atoms with Gasteiger partial charge >= 0.3 is 130 Å². The number of nitrogens with one attached hydrogen (secondary N) is 1. The molecular formula is C19H17AsFNO5S. The Kier molecular flexibility index (Phi) is 6.42. The van der Waals surface area contributed by atoms with E-state index >= 15 is 0 Å². The van der Waals surface area contributed by atoms with E-state index in [0.717, 1.165) is 34.2 Å². The molecule has 1 saturated heterocycles. The van der Waals surface area contributed by atoms with Gasteiger partial charge in [-0.2, -0.15) is 0 Å². The summed E-state index contributed by atoms with van der Waals surface area (Å²) in [4.78, 5) is 33.7. The number of carboxylic acids is 1. The molecule has 0 aromatic heterocycles. The number of amides is 2. The van der Waals surface area contributed by atoms with Crippen molar-refractivity contribution in [3.8, 4) is 11.5 Å². The first-order chi connectivity index (χ1) is 13.3. The second-order valence-electron chi connectivity index (χ2n) is 6.25. The van der Waals surface area contributed by atoms with Crippen molar-refractivity contribution in [2.45, 2.75) is 22.8 Å². The molecule has 3 unspecified atom stereocenters. The summed E-state index contributed by atoms with van der Waals surface area (Å²) in [6.07, 6.45) is 0.672. The second kappa shape index (κ2) is 8.80. The van der Waals surface area contributed by atoms with Gasteiger partial charge in [-0.1, -0.05) is 11.8 Å². The van der Waals surface area contributed by atoms with E-state index in [2.05, 4.69) is 5.32 Å². The molecule has 3 rings (SSSR count). The van der Waals surface area contributed by atoms with Crippen molar-refractivity contribution in [3.63, 3.8) is 0 Å². The topological polar surface area (TPSA) is 92.7 Å².